The highest BCUT2D eigenvalue weighted by molar-refractivity contribution is 7.89. The Balaban J connectivity index is 0.00000264. The van der Waals surface area contributed by atoms with Crippen LogP contribution in [0.1, 0.15) is 29.3 Å². The molecule has 0 aliphatic carbocycles. The quantitative estimate of drug-likeness (QED) is 0.822. The first-order valence-electron chi connectivity index (χ1n) is 7.48. The Bertz CT molecular complexity index is 664. The Kier molecular flexibility index (Phi) is 7.01. The van der Waals surface area contributed by atoms with E-state index in [1.807, 2.05) is 6.92 Å². The maximum absolute atomic E-state index is 12.6. The molecule has 1 unspecified atom stereocenters. The molecular weight excluding hydrogens is 338 g/mol. The van der Waals surface area contributed by atoms with E-state index in [0.717, 1.165) is 12.0 Å². The lowest BCUT2D eigenvalue weighted by Crippen LogP contribution is -2.31. The SMILES string of the molecule is CCNS(=O)(=O)c1ccc(C)c(C(=O)N2CCC(CN)C2)c1.Cl. The Morgan fingerprint density at radius 2 is 2.13 bits per heavy atom. The third kappa shape index (κ3) is 4.44. The monoisotopic (exact) mass is 361 g/mol. The molecule has 3 N–H and O–H groups in total. The van der Waals surface area contributed by atoms with E-state index in [-0.39, 0.29) is 23.2 Å². The van der Waals surface area contributed by atoms with Crippen molar-refractivity contribution in [3.05, 3.63) is 29.3 Å². The summed E-state index contributed by atoms with van der Waals surface area (Å²) in [4.78, 5) is 14.5. The summed E-state index contributed by atoms with van der Waals surface area (Å²) >= 11 is 0. The van der Waals surface area contributed by atoms with E-state index >= 15 is 0 Å². The summed E-state index contributed by atoms with van der Waals surface area (Å²) in [5, 5.41) is 0. The average Bonchev–Trinajstić information content (AvgIpc) is 2.95. The highest BCUT2D eigenvalue weighted by Gasteiger charge is 2.27. The minimum Gasteiger partial charge on any atom is -0.338 e. The number of hydrogen-bond acceptors (Lipinski definition) is 4. The zero-order valence-corrected chi connectivity index (χ0v) is 15.0. The van der Waals surface area contributed by atoms with Crippen LogP contribution in [0.15, 0.2) is 23.1 Å². The van der Waals surface area contributed by atoms with E-state index in [0.29, 0.717) is 37.7 Å². The van der Waals surface area contributed by atoms with Crippen LogP contribution < -0.4 is 10.5 Å². The highest BCUT2D eigenvalue weighted by atomic mass is 35.5. The molecule has 1 heterocycles. The van der Waals surface area contributed by atoms with Gasteiger partial charge in [0.1, 0.15) is 0 Å². The maximum atomic E-state index is 12.6. The summed E-state index contributed by atoms with van der Waals surface area (Å²) in [5.41, 5.74) is 6.87. The van der Waals surface area contributed by atoms with Crippen molar-refractivity contribution in [2.75, 3.05) is 26.2 Å². The Labute approximate surface area is 143 Å². The number of carbonyl (C=O) groups is 1. The number of hydrogen-bond donors (Lipinski definition) is 2. The molecule has 1 aliphatic heterocycles. The van der Waals surface area contributed by atoms with Gasteiger partial charge >= 0.3 is 0 Å². The Morgan fingerprint density at radius 3 is 2.70 bits per heavy atom. The molecule has 1 saturated heterocycles. The molecule has 23 heavy (non-hydrogen) atoms. The highest BCUT2D eigenvalue weighted by Crippen LogP contribution is 2.21. The number of nitrogens with two attached hydrogens (primary N) is 1. The summed E-state index contributed by atoms with van der Waals surface area (Å²) < 4.78 is 26.6. The van der Waals surface area contributed by atoms with Gasteiger partial charge in [-0.3, -0.25) is 4.79 Å². The van der Waals surface area contributed by atoms with Gasteiger partial charge in [-0.25, -0.2) is 13.1 Å². The molecule has 130 valence electrons. The van der Waals surface area contributed by atoms with Gasteiger partial charge in [0.05, 0.1) is 4.90 Å². The van der Waals surface area contributed by atoms with Crippen LogP contribution in [-0.4, -0.2) is 45.4 Å². The van der Waals surface area contributed by atoms with Crippen molar-refractivity contribution in [1.29, 1.82) is 0 Å². The largest absolute Gasteiger partial charge is 0.338 e. The number of carbonyl (C=O) groups excluding carboxylic acids is 1. The fourth-order valence-electron chi connectivity index (χ4n) is 2.65. The third-order valence-electron chi connectivity index (χ3n) is 3.99. The van der Waals surface area contributed by atoms with Crippen LogP contribution >= 0.6 is 12.4 Å². The van der Waals surface area contributed by atoms with E-state index in [4.69, 9.17) is 5.73 Å². The first-order valence-corrected chi connectivity index (χ1v) is 8.97. The van der Waals surface area contributed by atoms with Crippen LogP contribution in [0.25, 0.3) is 0 Å². The van der Waals surface area contributed by atoms with Gasteiger partial charge in [-0.05, 0) is 43.5 Å². The van der Waals surface area contributed by atoms with Crippen LogP contribution in [-0.2, 0) is 10.0 Å². The van der Waals surface area contributed by atoms with E-state index in [1.165, 1.54) is 12.1 Å². The van der Waals surface area contributed by atoms with Gasteiger partial charge in [-0.1, -0.05) is 13.0 Å². The van der Waals surface area contributed by atoms with E-state index in [1.54, 1.807) is 17.9 Å². The van der Waals surface area contributed by atoms with Gasteiger partial charge in [-0.2, -0.15) is 0 Å². The number of halogens is 1. The van der Waals surface area contributed by atoms with Crippen molar-refractivity contribution >= 4 is 28.3 Å². The topological polar surface area (TPSA) is 92.5 Å². The number of sulfonamides is 1. The molecule has 0 aromatic heterocycles. The maximum Gasteiger partial charge on any atom is 0.254 e. The first kappa shape index (κ1) is 19.9. The second-order valence-electron chi connectivity index (χ2n) is 5.62. The number of amides is 1. The molecule has 1 atom stereocenters. The molecular formula is C15H24ClN3O3S. The molecule has 1 amide bonds. The van der Waals surface area contributed by atoms with E-state index in [2.05, 4.69) is 4.72 Å². The van der Waals surface area contributed by atoms with Crippen molar-refractivity contribution in [3.63, 3.8) is 0 Å². The molecule has 8 heteroatoms. The summed E-state index contributed by atoms with van der Waals surface area (Å²) in [6.07, 6.45) is 0.899. The number of benzene rings is 1. The fraction of sp³-hybridized carbons (Fsp3) is 0.533. The van der Waals surface area contributed by atoms with Gasteiger partial charge in [0.2, 0.25) is 10.0 Å². The predicted molar refractivity (Wildman–Crippen MR) is 92.4 cm³/mol. The van der Waals surface area contributed by atoms with Crippen LogP contribution in [0.5, 0.6) is 0 Å². The normalized spacial score (nSPS) is 17.9. The lowest BCUT2D eigenvalue weighted by molar-refractivity contribution is 0.0786. The molecule has 1 aliphatic rings. The average molecular weight is 362 g/mol. The molecule has 0 spiro atoms. The Morgan fingerprint density at radius 1 is 1.43 bits per heavy atom. The van der Waals surface area contributed by atoms with Crippen LogP contribution in [0, 0.1) is 12.8 Å². The molecule has 2 rings (SSSR count). The molecule has 1 aromatic rings. The van der Waals surface area contributed by atoms with Gasteiger partial charge in [-0.15, -0.1) is 12.4 Å². The number of nitrogens with zero attached hydrogens (tertiary/aromatic N) is 1. The molecule has 0 bridgehead atoms. The summed E-state index contributed by atoms with van der Waals surface area (Å²) in [5.74, 6) is 0.208. The lowest BCUT2D eigenvalue weighted by Gasteiger charge is -2.18. The Hall–Kier alpha value is -1.15. The summed E-state index contributed by atoms with van der Waals surface area (Å²) in [6, 6.07) is 4.66. The molecule has 6 nitrogen and oxygen atoms in total. The van der Waals surface area contributed by atoms with Gasteiger partial charge in [0.25, 0.3) is 5.91 Å². The number of likely N-dealkylation sites (tertiary alicyclic amines) is 1. The van der Waals surface area contributed by atoms with Crippen molar-refractivity contribution in [2.24, 2.45) is 11.7 Å². The zero-order chi connectivity index (χ0) is 16.3. The number of aryl methyl sites for hydroxylation is 1. The number of nitrogens with one attached hydrogen (secondary N) is 1. The minimum atomic E-state index is -3.56. The third-order valence-corrected chi connectivity index (χ3v) is 5.53. The van der Waals surface area contributed by atoms with Gasteiger partial charge in [0, 0.05) is 25.2 Å². The molecule has 0 radical (unpaired) electrons. The second-order valence-corrected chi connectivity index (χ2v) is 7.39. The van der Waals surface area contributed by atoms with Crippen LogP contribution in [0.2, 0.25) is 0 Å². The zero-order valence-electron chi connectivity index (χ0n) is 13.4. The first-order chi connectivity index (χ1) is 10.4. The molecule has 0 saturated carbocycles. The van der Waals surface area contributed by atoms with Gasteiger partial charge < -0.3 is 10.6 Å². The van der Waals surface area contributed by atoms with Crippen LogP contribution in [0.4, 0.5) is 0 Å². The van der Waals surface area contributed by atoms with Crippen LogP contribution in [0.3, 0.4) is 0 Å². The second kappa shape index (κ2) is 8.10. The minimum absolute atomic E-state index is 0. The van der Waals surface area contributed by atoms with E-state index < -0.39 is 10.0 Å². The van der Waals surface area contributed by atoms with E-state index in [9.17, 15) is 13.2 Å². The summed E-state index contributed by atoms with van der Waals surface area (Å²) in [7, 11) is -3.56. The van der Waals surface area contributed by atoms with Crippen molar-refractivity contribution in [3.8, 4) is 0 Å². The van der Waals surface area contributed by atoms with Crippen molar-refractivity contribution in [1.82, 2.24) is 9.62 Å². The molecule has 1 fully saturated rings. The number of rotatable bonds is 5. The predicted octanol–water partition coefficient (Wildman–Crippen LogP) is 1.14. The van der Waals surface area contributed by atoms with Gasteiger partial charge in [0.15, 0.2) is 0 Å². The fourth-order valence-corrected chi connectivity index (χ4v) is 3.72. The smallest absolute Gasteiger partial charge is 0.254 e. The molecule has 1 aromatic carbocycles. The van der Waals surface area contributed by atoms with Crippen molar-refractivity contribution < 1.29 is 13.2 Å². The van der Waals surface area contributed by atoms with Crippen molar-refractivity contribution in [2.45, 2.75) is 25.2 Å². The summed E-state index contributed by atoms with van der Waals surface area (Å²) in [6.45, 7) is 5.72. The standard InChI is InChI=1S/C15H23N3O3S.ClH/c1-3-17-22(20,21)13-5-4-11(2)14(8-13)15(19)18-7-6-12(9-16)10-18;/h4-5,8,12,17H,3,6-7,9-10,16H2,1-2H3;1H. The lowest BCUT2D eigenvalue weighted by atomic mass is 10.1.